The molecule has 23 heavy (non-hydrogen) atoms. The number of benzene rings is 2. The number of hydrogen-bond donors (Lipinski definition) is 1. The van der Waals surface area contributed by atoms with Gasteiger partial charge in [0.2, 0.25) is 0 Å². The molecule has 0 saturated heterocycles. The molecule has 0 unspecified atom stereocenters. The van der Waals surface area contributed by atoms with E-state index in [4.69, 9.17) is 0 Å². The fourth-order valence-corrected chi connectivity index (χ4v) is 3.16. The van der Waals surface area contributed by atoms with Gasteiger partial charge in [0, 0.05) is 12.1 Å². The maximum absolute atomic E-state index is 12.3. The zero-order chi connectivity index (χ0) is 16.9. The summed E-state index contributed by atoms with van der Waals surface area (Å²) in [7, 11) is -3.77. The number of nitro groups is 1. The molecule has 2 rings (SSSR count). The van der Waals surface area contributed by atoms with Crippen LogP contribution in [0.1, 0.15) is 25.3 Å². The highest BCUT2D eigenvalue weighted by Gasteiger charge is 2.15. The van der Waals surface area contributed by atoms with Crippen molar-refractivity contribution in [3.63, 3.8) is 0 Å². The minimum atomic E-state index is -3.77. The molecule has 0 aliphatic rings. The quantitative estimate of drug-likeness (QED) is 0.617. The Kier molecular flexibility index (Phi) is 5.33. The molecule has 0 atom stereocenters. The SMILES string of the molecule is CCCCc1ccc(S(=O)(=O)Nc2cccc([N+](=O)[O-])c2)cc1. The molecular weight excluding hydrogens is 316 g/mol. The first-order valence-electron chi connectivity index (χ1n) is 7.28. The topological polar surface area (TPSA) is 89.3 Å². The number of anilines is 1. The number of nitrogens with zero attached hydrogens (tertiary/aromatic N) is 1. The van der Waals surface area contributed by atoms with Gasteiger partial charge in [0.25, 0.3) is 15.7 Å². The van der Waals surface area contributed by atoms with Crippen LogP contribution in [0.4, 0.5) is 11.4 Å². The van der Waals surface area contributed by atoms with Gasteiger partial charge in [-0.25, -0.2) is 8.42 Å². The van der Waals surface area contributed by atoms with Gasteiger partial charge in [-0.2, -0.15) is 0 Å². The van der Waals surface area contributed by atoms with Crippen molar-refractivity contribution < 1.29 is 13.3 Å². The second-order valence-corrected chi connectivity index (χ2v) is 6.84. The molecular formula is C16H18N2O4S. The molecule has 0 spiro atoms. The molecule has 0 fully saturated rings. The largest absolute Gasteiger partial charge is 0.279 e. The zero-order valence-corrected chi connectivity index (χ0v) is 13.5. The van der Waals surface area contributed by atoms with E-state index in [0.29, 0.717) is 0 Å². The zero-order valence-electron chi connectivity index (χ0n) is 12.7. The van der Waals surface area contributed by atoms with Crippen molar-refractivity contribution in [1.29, 1.82) is 0 Å². The average molecular weight is 334 g/mol. The number of rotatable bonds is 7. The maximum Gasteiger partial charge on any atom is 0.271 e. The van der Waals surface area contributed by atoms with E-state index in [0.717, 1.165) is 24.8 Å². The van der Waals surface area contributed by atoms with Crippen molar-refractivity contribution in [2.24, 2.45) is 0 Å². The fourth-order valence-electron chi connectivity index (χ4n) is 2.11. The Morgan fingerprint density at radius 3 is 2.43 bits per heavy atom. The van der Waals surface area contributed by atoms with Crippen molar-refractivity contribution in [2.75, 3.05) is 4.72 Å². The van der Waals surface area contributed by atoms with Gasteiger partial charge in [-0.15, -0.1) is 0 Å². The van der Waals surface area contributed by atoms with Gasteiger partial charge in [-0.3, -0.25) is 14.8 Å². The molecule has 0 aliphatic carbocycles. The summed E-state index contributed by atoms with van der Waals surface area (Å²) in [5.41, 5.74) is 1.08. The van der Waals surface area contributed by atoms with Gasteiger partial charge in [0.15, 0.2) is 0 Å². The van der Waals surface area contributed by atoms with E-state index in [1.54, 1.807) is 24.3 Å². The monoisotopic (exact) mass is 334 g/mol. The standard InChI is InChI=1S/C16H18N2O4S/c1-2-3-5-13-8-10-16(11-9-13)23(21,22)17-14-6-4-7-15(12-14)18(19)20/h4,6-12,17H,2-3,5H2,1H3. The van der Waals surface area contributed by atoms with Crippen LogP contribution in [0.3, 0.4) is 0 Å². The number of nitrogens with one attached hydrogen (secondary N) is 1. The summed E-state index contributed by atoms with van der Waals surface area (Å²) in [4.78, 5) is 10.3. The number of nitro benzene ring substituents is 1. The second kappa shape index (κ2) is 7.23. The van der Waals surface area contributed by atoms with Crippen LogP contribution in [-0.2, 0) is 16.4 Å². The van der Waals surface area contributed by atoms with Crippen molar-refractivity contribution in [3.8, 4) is 0 Å². The Balaban J connectivity index is 2.18. The molecule has 0 aliphatic heterocycles. The van der Waals surface area contributed by atoms with Crippen LogP contribution in [0.2, 0.25) is 0 Å². The normalized spacial score (nSPS) is 11.2. The molecule has 0 amide bonds. The summed E-state index contributed by atoms with van der Waals surface area (Å²) in [6, 6.07) is 12.1. The van der Waals surface area contributed by atoms with E-state index in [1.807, 2.05) is 0 Å². The van der Waals surface area contributed by atoms with Crippen LogP contribution < -0.4 is 4.72 Å². The van der Waals surface area contributed by atoms with Crippen LogP contribution >= 0.6 is 0 Å². The summed E-state index contributed by atoms with van der Waals surface area (Å²) < 4.78 is 27.0. The summed E-state index contributed by atoms with van der Waals surface area (Å²) in [6.45, 7) is 2.10. The first-order valence-corrected chi connectivity index (χ1v) is 8.77. The summed E-state index contributed by atoms with van der Waals surface area (Å²) in [6.07, 6.45) is 3.04. The van der Waals surface area contributed by atoms with E-state index in [2.05, 4.69) is 11.6 Å². The third-order valence-corrected chi connectivity index (χ3v) is 4.76. The number of hydrogen-bond acceptors (Lipinski definition) is 4. The van der Waals surface area contributed by atoms with Crippen molar-refractivity contribution in [3.05, 3.63) is 64.2 Å². The lowest BCUT2D eigenvalue weighted by atomic mass is 10.1. The van der Waals surface area contributed by atoms with E-state index in [9.17, 15) is 18.5 Å². The smallest absolute Gasteiger partial charge is 0.271 e. The van der Waals surface area contributed by atoms with Gasteiger partial charge in [-0.05, 0) is 36.6 Å². The highest BCUT2D eigenvalue weighted by molar-refractivity contribution is 7.92. The first-order chi connectivity index (χ1) is 10.9. The van der Waals surface area contributed by atoms with Gasteiger partial charge in [0.05, 0.1) is 15.5 Å². The molecule has 122 valence electrons. The molecule has 0 bridgehead atoms. The summed E-state index contributed by atoms with van der Waals surface area (Å²) in [5.74, 6) is 0. The third kappa shape index (κ3) is 4.53. The number of unbranched alkanes of at least 4 members (excludes halogenated alkanes) is 1. The summed E-state index contributed by atoms with van der Waals surface area (Å²) in [5, 5.41) is 10.7. The van der Waals surface area contributed by atoms with Crippen molar-refractivity contribution in [2.45, 2.75) is 31.1 Å². The lowest BCUT2D eigenvalue weighted by molar-refractivity contribution is -0.384. The Morgan fingerprint density at radius 2 is 1.83 bits per heavy atom. The highest BCUT2D eigenvalue weighted by Crippen LogP contribution is 2.21. The predicted molar refractivity (Wildman–Crippen MR) is 89.0 cm³/mol. The third-order valence-electron chi connectivity index (χ3n) is 3.36. The molecule has 2 aromatic carbocycles. The molecule has 0 radical (unpaired) electrons. The van der Waals surface area contributed by atoms with Gasteiger partial charge in [-0.1, -0.05) is 31.5 Å². The highest BCUT2D eigenvalue weighted by atomic mass is 32.2. The average Bonchev–Trinajstić information content (AvgIpc) is 2.53. The van der Waals surface area contributed by atoms with Gasteiger partial charge >= 0.3 is 0 Å². The Morgan fingerprint density at radius 1 is 1.13 bits per heavy atom. The molecule has 0 saturated carbocycles. The Bertz CT molecular complexity index is 786. The van der Waals surface area contributed by atoms with E-state index < -0.39 is 14.9 Å². The van der Waals surface area contributed by atoms with Crippen molar-refractivity contribution in [1.82, 2.24) is 0 Å². The minimum absolute atomic E-state index is 0.129. The van der Waals surface area contributed by atoms with Crippen LogP contribution in [-0.4, -0.2) is 13.3 Å². The molecule has 0 heterocycles. The van der Waals surface area contributed by atoms with Crippen LogP contribution in [0.25, 0.3) is 0 Å². The maximum atomic E-state index is 12.3. The lowest BCUT2D eigenvalue weighted by Gasteiger charge is -2.08. The Hall–Kier alpha value is -2.41. The molecule has 0 aromatic heterocycles. The second-order valence-electron chi connectivity index (χ2n) is 5.16. The van der Waals surface area contributed by atoms with Crippen molar-refractivity contribution >= 4 is 21.4 Å². The number of sulfonamides is 1. The van der Waals surface area contributed by atoms with Gasteiger partial charge < -0.3 is 0 Å². The van der Waals surface area contributed by atoms with E-state index in [-0.39, 0.29) is 16.3 Å². The lowest BCUT2D eigenvalue weighted by Crippen LogP contribution is -2.13. The van der Waals surface area contributed by atoms with E-state index in [1.165, 1.54) is 24.3 Å². The van der Waals surface area contributed by atoms with Crippen LogP contribution in [0.5, 0.6) is 0 Å². The molecule has 6 nitrogen and oxygen atoms in total. The number of non-ortho nitro benzene ring substituents is 1. The Labute approximate surface area is 135 Å². The van der Waals surface area contributed by atoms with E-state index >= 15 is 0 Å². The van der Waals surface area contributed by atoms with Crippen LogP contribution in [0.15, 0.2) is 53.4 Å². The molecule has 2 aromatic rings. The number of aryl methyl sites for hydroxylation is 1. The molecule has 1 N–H and O–H groups in total. The van der Waals surface area contributed by atoms with Gasteiger partial charge in [0.1, 0.15) is 0 Å². The molecule has 7 heteroatoms. The fraction of sp³-hybridized carbons (Fsp3) is 0.250. The first kappa shape index (κ1) is 17.0. The minimum Gasteiger partial charge on any atom is -0.279 e. The summed E-state index contributed by atoms with van der Waals surface area (Å²) >= 11 is 0. The van der Waals surface area contributed by atoms with Crippen LogP contribution in [0, 0.1) is 10.1 Å². The predicted octanol–water partition coefficient (Wildman–Crippen LogP) is 3.74.